The van der Waals surface area contributed by atoms with E-state index in [-0.39, 0.29) is 6.10 Å². The van der Waals surface area contributed by atoms with Crippen LogP contribution in [0.1, 0.15) is 36.7 Å². The van der Waals surface area contributed by atoms with E-state index in [9.17, 15) is 0 Å². The zero-order chi connectivity index (χ0) is 11.4. The van der Waals surface area contributed by atoms with Crippen LogP contribution in [0, 0.1) is 5.92 Å². The fourth-order valence-corrected chi connectivity index (χ4v) is 3.68. The topological polar surface area (TPSA) is 35.2 Å². The first-order valence-corrected chi connectivity index (χ1v) is 7.47. The summed E-state index contributed by atoms with van der Waals surface area (Å²) in [6, 6.07) is 4.16. The number of ether oxygens (including phenoxy) is 1. The summed E-state index contributed by atoms with van der Waals surface area (Å²) < 4.78 is 7.08. The minimum Gasteiger partial charge on any atom is -0.371 e. The number of nitrogens with two attached hydrogens (primary N) is 1. The van der Waals surface area contributed by atoms with Crippen LogP contribution in [0.5, 0.6) is 0 Å². The molecule has 1 atom stereocenters. The van der Waals surface area contributed by atoms with Crippen molar-refractivity contribution >= 4 is 27.3 Å². The van der Waals surface area contributed by atoms with E-state index in [1.165, 1.54) is 30.6 Å². The van der Waals surface area contributed by atoms with Gasteiger partial charge in [-0.05, 0) is 46.8 Å². The number of hydrogen-bond donors (Lipinski definition) is 1. The molecule has 1 aliphatic rings. The van der Waals surface area contributed by atoms with E-state index >= 15 is 0 Å². The summed E-state index contributed by atoms with van der Waals surface area (Å²) in [6.07, 6.45) is 5.46. The van der Waals surface area contributed by atoms with Gasteiger partial charge in [0, 0.05) is 11.4 Å². The Labute approximate surface area is 109 Å². The molecule has 2 N–H and O–H groups in total. The molecule has 1 saturated carbocycles. The highest BCUT2D eigenvalue weighted by Gasteiger charge is 2.18. The third-order valence-corrected chi connectivity index (χ3v) is 4.85. The Morgan fingerprint density at radius 3 is 2.75 bits per heavy atom. The van der Waals surface area contributed by atoms with Crippen LogP contribution in [-0.4, -0.2) is 13.2 Å². The summed E-state index contributed by atoms with van der Waals surface area (Å²) >= 11 is 5.18. The third kappa shape index (κ3) is 3.29. The van der Waals surface area contributed by atoms with E-state index < -0.39 is 0 Å². The molecule has 16 heavy (non-hydrogen) atoms. The molecule has 90 valence electrons. The minimum absolute atomic E-state index is 0.0805. The van der Waals surface area contributed by atoms with Crippen molar-refractivity contribution in [3.05, 3.63) is 20.8 Å². The van der Waals surface area contributed by atoms with Crippen LogP contribution in [0.4, 0.5) is 0 Å². The standard InChI is InChI=1S/C12H18BrNOS/c13-12-6-5-11(16-12)10(7-14)15-8-9-3-1-2-4-9/h5-6,9-10H,1-4,7-8,14H2. The maximum atomic E-state index is 5.94. The maximum absolute atomic E-state index is 5.94. The van der Waals surface area contributed by atoms with Crippen molar-refractivity contribution in [1.29, 1.82) is 0 Å². The highest BCUT2D eigenvalue weighted by molar-refractivity contribution is 9.11. The van der Waals surface area contributed by atoms with Crippen LogP contribution in [0.15, 0.2) is 15.9 Å². The zero-order valence-corrected chi connectivity index (χ0v) is 11.7. The first-order chi connectivity index (χ1) is 7.79. The van der Waals surface area contributed by atoms with E-state index in [2.05, 4.69) is 28.1 Å². The molecule has 0 saturated heterocycles. The van der Waals surface area contributed by atoms with Gasteiger partial charge in [0.05, 0.1) is 10.4 Å². The minimum atomic E-state index is 0.0805. The Kier molecular flexibility index (Phi) is 4.82. The second-order valence-electron chi connectivity index (χ2n) is 4.35. The second-order valence-corrected chi connectivity index (χ2v) is 6.84. The summed E-state index contributed by atoms with van der Waals surface area (Å²) in [5.41, 5.74) is 5.77. The number of thiophene rings is 1. The predicted molar refractivity (Wildman–Crippen MR) is 71.7 cm³/mol. The SMILES string of the molecule is NCC(OCC1CCCC1)c1ccc(Br)s1. The zero-order valence-electron chi connectivity index (χ0n) is 9.32. The molecule has 0 aromatic carbocycles. The molecular weight excluding hydrogens is 286 g/mol. The highest BCUT2D eigenvalue weighted by Crippen LogP contribution is 2.31. The molecule has 0 bridgehead atoms. The van der Waals surface area contributed by atoms with Gasteiger partial charge < -0.3 is 10.5 Å². The summed E-state index contributed by atoms with van der Waals surface area (Å²) in [7, 11) is 0. The quantitative estimate of drug-likeness (QED) is 0.900. The van der Waals surface area contributed by atoms with Crippen LogP contribution in [0.3, 0.4) is 0 Å². The molecule has 2 rings (SSSR count). The van der Waals surface area contributed by atoms with Gasteiger partial charge in [0.1, 0.15) is 6.10 Å². The summed E-state index contributed by atoms with van der Waals surface area (Å²) in [5.74, 6) is 0.762. The lowest BCUT2D eigenvalue weighted by Gasteiger charge is -2.17. The predicted octanol–water partition coefficient (Wildman–Crippen LogP) is 3.72. The molecule has 1 aliphatic carbocycles. The van der Waals surface area contributed by atoms with Crippen molar-refractivity contribution in [2.75, 3.05) is 13.2 Å². The Bertz CT molecular complexity index is 323. The molecule has 1 heterocycles. The Hall–Kier alpha value is 0.1000. The number of hydrogen-bond acceptors (Lipinski definition) is 3. The van der Waals surface area contributed by atoms with Gasteiger partial charge >= 0.3 is 0 Å². The lowest BCUT2D eigenvalue weighted by Crippen LogP contribution is -2.18. The molecule has 1 fully saturated rings. The van der Waals surface area contributed by atoms with Crippen LogP contribution < -0.4 is 5.73 Å². The van der Waals surface area contributed by atoms with Crippen LogP contribution in [-0.2, 0) is 4.74 Å². The molecule has 1 aromatic heterocycles. The maximum Gasteiger partial charge on any atom is 0.104 e. The lowest BCUT2D eigenvalue weighted by molar-refractivity contribution is 0.0367. The normalized spacial score (nSPS) is 19.1. The average molecular weight is 304 g/mol. The van der Waals surface area contributed by atoms with Crippen molar-refractivity contribution in [3.63, 3.8) is 0 Å². The van der Waals surface area contributed by atoms with Gasteiger partial charge in [0.15, 0.2) is 0 Å². The van der Waals surface area contributed by atoms with Crippen LogP contribution >= 0.6 is 27.3 Å². The molecule has 1 aromatic rings. The van der Waals surface area contributed by atoms with Crippen molar-refractivity contribution < 1.29 is 4.74 Å². The van der Waals surface area contributed by atoms with Crippen LogP contribution in [0.2, 0.25) is 0 Å². The van der Waals surface area contributed by atoms with E-state index in [1.54, 1.807) is 11.3 Å². The fraction of sp³-hybridized carbons (Fsp3) is 0.667. The molecule has 0 spiro atoms. The fourth-order valence-electron chi connectivity index (χ4n) is 2.20. The van der Waals surface area contributed by atoms with Crippen molar-refractivity contribution in [2.24, 2.45) is 11.7 Å². The van der Waals surface area contributed by atoms with Gasteiger partial charge in [-0.1, -0.05) is 12.8 Å². The van der Waals surface area contributed by atoms with Gasteiger partial charge in [0.25, 0.3) is 0 Å². The number of rotatable bonds is 5. The highest BCUT2D eigenvalue weighted by atomic mass is 79.9. The Balaban J connectivity index is 1.85. The molecule has 2 nitrogen and oxygen atoms in total. The van der Waals surface area contributed by atoms with Crippen molar-refractivity contribution in [1.82, 2.24) is 0 Å². The summed E-state index contributed by atoms with van der Waals surface area (Å²) in [6.45, 7) is 1.44. The molecule has 4 heteroatoms. The largest absolute Gasteiger partial charge is 0.371 e. The van der Waals surface area contributed by atoms with E-state index in [4.69, 9.17) is 10.5 Å². The smallest absolute Gasteiger partial charge is 0.104 e. The molecule has 0 aliphatic heterocycles. The van der Waals surface area contributed by atoms with Crippen molar-refractivity contribution in [3.8, 4) is 0 Å². The number of halogens is 1. The van der Waals surface area contributed by atoms with Gasteiger partial charge in [-0.2, -0.15) is 0 Å². The summed E-state index contributed by atoms with van der Waals surface area (Å²) in [5, 5.41) is 0. The van der Waals surface area contributed by atoms with Gasteiger partial charge in [-0.25, -0.2) is 0 Å². The lowest BCUT2D eigenvalue weighted by atomic mass is 10.1. The first kappa shape index (κ1) is 12.6. The van der Waals surface area contributed by atoms with Gasteiger partial charge in [-0.15, -0.1) is 11.3 Å². The monoisotopic (exact) mass is 303 g/mol. The molecule has 1 unspecified atom stereocenters. The van der Waals surface area contributed by atoms with Gasteiger partial charge in [-0.3, -0.25) is 0 Å². The van der Waals surface area contributed by atoms with Gasteiger partial charge in [0.2, 0.25) is 0 Å². The van der Waals surface area contributed by atoms with E-state index in [0.29, 0.717) is 6.54 Å². The van der Waals surface area contributed by atoms with E-state index in [1.807, 2.05) is 0 Å². The van der Waals surface area contributed by atoms with E-state index in [0.717, 1.165) is 16.3 Å². The Morgan fingerprint density at radius 1 is 1.44 bits per heavy atom. The van der Waals surface area contributed by atoms with Crippen LogP contribution in [0.25, 0.3) is 0 Å². The van der Waals surface area contributed by atoms with Crippen molar-refractivity contribution in [2.45, 2.75) is 31.8 Å². The molecule has 0 amide bonds. The summed E-state index contributed by atoms with van der Waals surface area (Å²) in [4.78, 5) is 1.23. The third-order valence-electron chi connectivity index (χ3n) is 3.13. The first-order valence-electron chi connectivity index (χ1n) is 5.86. The molecular formula is C12H18BrNOS. The molecule has 0 radical (unpaired) electrons. The second kappa shape index (κ2) is 6.15. The average Bonchev–Trinajstić information content (AvgIpc) is 2.91. The Morgan fingerprint density at radius 2 is 2.19 bits per heavy atom.